The van der Waals surface area contributed by atoms with E-state index in [1.54, 1.807) is 29.2 Å². The van der Waals surface area contributed by atoms with Gasteiger partial charge >= 0.3 is 0 Å². The minimum atomic E-state index is -0.545. The van der Waals surface area contributed by atoms with Crippen molar-refractivity contribution in [2.75, 3.05) is 26.7 Å². The Morgan fingerprint density at radius 1 is 1.07 bits per heavy atom. The third-order valence-electron chi connectivity index (χ3n) is 4.95. The first-order chi connectivity index (χ1) is 14.5. The highest BCUT2D eigenvalue weighted by Gasteiger charge is 2.34. The summed E-state index contributed by atoms with van der Waals surface area (Å²) in [6, 6.07) is 11.5. The van der Waals surface area contributed by atoms with Gasteiger partial charge in [-0.25, -0.2) is 4.39 Å². The predicted octanol–water partition coefficient (Wildman–Crippen LogP) is 1.99. The number of benzene rings is 2. The number of carbonyl (C=O) groups excluding carboxylic acids is 3. The number of methoxy groups -OCH3 is 1. The van der Waals surface area contributed by atoms with Crippen LogP contribution in [-0.4, -0.2) is 55.4 Å². The third-order valence-corrected chi connectivity index (χ3v) is 4.95. The van der Waals surface area contributed by atoms with Crippen LogP contribution >= 0.6 is 0 Å². The minimum Gasteiger partial charge on any atom is -0.497 e. The lowest BCUT2D eigenvalue weighted by Crippen LogP contribution is -2.47. The van der Waals surface area contributed by atoms with Crippen molar-refractivity contribution in [1.82, 2.24) is 15.5 Å². The average Bonchev–Trinajstić information content (AvgIpc) is 3.26. The van der Waals surface area contributed by atoms with E-state index in [4.69, 9.17) is 4.74 Å². The molecule has 0 radical (unpaired) electrons. The van der Waals surface area contributed by atoms with Gasteiger partial charge in [-0.2, -0.15) is 0 Å². The third kappa shape index (κ3) is 5.14. The van der Waals surface area contributed by atoms with Crippen molar-refractivity contribution in [2.45, 2.75) is 18.9 Å². The van der Waals surface area contributed by atoms with Crippen LogP contribution in [0.25, 0.3) is 0 Å². The van der Waals surface area contributed by atoms with Crippen LogP contribution < -0.4 is 15.4 Å². The molecule has 0 aromatic heterocycles. The number of nitrogens with one attached hydrogen (secondary N) is 2. The van der Waals surface area contributed by atoms with Crippen molar-refractivity contribution < 1.29 is 23.5 Å². The number of halogens is 1. The molecule has 2 aromatic carbocycles. The lowest BCUT2D eigenvalue weighted by molar-refractivity contribution is -0.124. The number of hydrogen-bond acceptors (Lipinski definition) is 4. The minimum absolute atomic E-state index is 0.212. The molecule has 0 unspecified atom stereocenters. The SMILES string of the molecule is COc1cccc(C(=O)N2CCC[C@@H]2C(=O)NCCNC(=O)c2ccc(F)cc2)c1. The van der Waals surface area contributed by atoms with Gasteiger partial charge in [-0.1, -0.05) is 6.07 Å². The van der Waals surface area contributed by atoms with Gasteiger partial charge in [0, 0.05) is 30.8 Å². The van der Waals surface area contributed by atoms with Gasteiger partial charge in [0.1, 0.15) is 17.6 Å². The predicted molar refractivity (Wildman–Crippen MR) is 109 cm³/mol. The van der Waals surface area contributed by atoms with Crippen LogP contribution in [0.15, 0.2) is 48.5 Å². The molecule has 2 aromatic rings. The first-order valence-electron chi connectivity index (χ1n) is 9.76. The summed E-state index contributed by atoms with van der Waals surface area (Å²) >= 11 is 0. The van der Waals surface area contributed by atoms with Crippen LogP contribution in [0.3, 0.4) is 0 Å². The Morgan fingerprint density at radius 2 is 1.80 bits per heavy atom. The summed E-state index contributed by atoms with van der Waals surface area (Å²) in [7, 11) is 1.53. The molecular formula is C22H24FN3O4. The van der Waals surface area contributed by atoms with Gasteiger partial charge in [-0.05, 0) is 55.3 Å². The van der Waals surface area contributed by atoms with E-state index in [1.165, 1.54) is 31.4 Å². The van der Waals surface area contributed by atoms with E-state index in [-0.39, 0.29) is 30.8 Å². The maximum atomic E-state index is 12.9. The van der Waals surface area contributed by atoms with Crippen LogP contribution in [0.2, 0.25) is 0 Å². The molecule has 158 valence electrons. The standard InChI is InChI=1S/C22H24FN3O4/c1-30-18-5-2-4-16(14-18)22(29)26-13-3-6-19(26)21(28)25-12-11-24-20(27)15-7-9-17(23)10-8-15/h2,4-5,7-10,14,19H,3,6,11-13H2,1H3,(H,24,27)(H,25,28)/t19-/m1/s1. The van der Waals surface area contributed by atoms with Gasteiger partial charge in [0.15, 0.2) is 0 Å². The lowest BCUT2D eigenvalue weighted by atomic mass is 10.1. The zero-order chi connectivity index (χ0) is 21.5. The Labute approximate surface area is 174 Å². The highest BCUT2D eigenvalue weighted by molar-refractivity contribution is 5.98. The summed E-state index contributed by atoms with van der Waals surface area (Å²) in [5.41, 5.74) is 0.814. The molecule has 7 nitrogen and oxygen atoms in total. The molecule has 1 heterocycles. The molecular weight excluding hydrogens is 389 g/mol. The molecule has 0 bridgehead atoms. The molecule has 0 saturated carbocycles. The summed E-state index contributed by atoms with van der Waals surface area (Å²) in [4.78, 5) is 39.0. The summed E-state index contributed by atoms with van der Waals surface area (Å²) in [6.07, 6.45) is 1.33. The first-order valence-corrected chi connectivity index (χ1v) is 9.76. The fourth-order valence-electron chi connectivity index (χ4n) is 3.39. The van der Waals surface area contributed by atoms with Crippen molar-refractivity contribution in [1.29, 1.82) is 0 Å². The van der Waals surface area contributed by atoms with Crippen LogP contribution in [0.1, 0.15) is 33.6 Å². The van der Waals surface area contributed by atoms with Crippen LogP contribution in [-0.2, 0) is 4.79 Å². The van der Waals surface area contributed by atoms with E-state index in [9.17, 15) is 18.8 Å². The second-order valence-corrected chi connectivity index (χ2v) is 6.94. The molecule has 8 heteroatoms. The second kappa shape index (κ2) is 9.87. The zero-order valence-corrected chi connectivity index (χ0v) is 16.7. The summed E-state index contributed by atoms with van der Waals surface area (Å²) in [5, 5.41) is 5.43. The van der Waals surface area contributed by atoms with Crippen molar-refractivity contribution in [2.24, 2.45) is 0 Å². The average molecular weight is 413 g/mol. The Bertz CT molecular complexity index is 917. The van der Waals surface area contributed by atoms with Crippen molar-refractivity contribution >= 4 is 17.7 Å². The van der Waals surface area contributed by atoms with Gasteiger partial charge in [-0.15, -0.1) is 0 Å². The number of hydrogen-bond donors (Lipinski definition) is 2. The van der Waals surface area contributed by atoms with Crippen LogP contribution in [0.4, 0.5) is 4.39 Å². The van der Waals surface area contributed by atoms with E-state index in [2.05, 4.69) is 10.6 Å². The molecule has 1 fully saturated rings. The summed E-state index contributed by atoms with van der Waals surface area (Å²) in [6.45, 7) is 0.956. The second-order valence-electron chi connectivity index (χ2n) is 6.94. The monoisotopic (exact) mass is 413 g/mol. The maximum Gasteiger partial charge on any atom is 0.254 e. The van der Waals surface area contributed by atoms with Gasteiger partial charge in [0.25, 0.3) is 11.8 Å². The number of nitrogens with zero attached hydrogens (tertiary/aromatic N) is 1. The Morgan fingerprint density at radius 3 is 2.53 bits per heavy atom. The number of amides is 3. The Balaban J connectivity index is 1.50. The molecule has 1 aliphatic heterocycles. The number of likely N-dealkylation sites (tertiary alicyclic amines) is 1. The molecule has 1 saturated heterocycles. The van der Waals surface area contributed by atoms with E-state index in [0.29, 0.717) is 29.8 Å². The normalized spacial score (nSPS) is 15.5. The molecule has 2 N–H and O–H groups in total. The Hall–Kier alpha value is -3.42. The van der Waals surface area contributed by atoms with Gasteiger partial charge in [0.2, 0.25) is 5.91 Å². The van der Waals surface area contributed by atoms with E-state index in [0.717, 1.165) is 6.42 Å². The molecule has 30 heavy (non-hydrogen) atoms. The van der Waals surface area contributed by atoms with Crippen molar-refractivity contribution in [3.8, 4) is 5.75 Å². The smallest absolute Gasteiger partial charge is 0.254 e. The number of carbonyl (C=O) groups is 3. The highest BCUT2D eigenvalue weighted by Crippen LogP contribution is 2.22. The zero-order valence-electron chi connectivity index (χ0n) is 16.7. The van der Waals surface area contributed by atoms with Crippen LogP contribution in [0.5, 0.6) is 5.75 Å². The fourth-order valence-corrected chi connectivity index (χ4v) is 3.39. The van der Waals surface area contributed by atoms with Crippen molar-refractivity contribution in [3.63, 3.8) is 0 Å². The lowest BCUT2D eigenvalue weighted by Gasteiger charge is -2.24. The first kappa shape index (κ1) is 21.3. The molecule has 1 aliphatic rings. The van der Waals surface area contributed by atoms with E-state index < -0.39 is 11.9 Å². The number of ether oxygens (including phenoxy) is 1. The molecule has 3 rings (SSSR count). The van der Waals surface area contributed by atoms with Gasteiger partial charge in [-0.3, -0.25) is 14.4 Å². The molecule has 0 aliphatic carbocycles. The Kier molecular flexibility index (Phi) is 7.00. The molecule has 0 spiro atoms. The number of rotatable bonds is 7. The maximum absolute atomic E-state index is 12.9. The highest BCUT2D eigenvalue weighted by atomic mass is 19.1. The van der Waals surface area contributed by atoms with Crippen LogP contribution in [0, 0.1) is 5.82 Å². The fraction of sp³-hybridized carbons (Fsp3) is 0.318. The largest absolute Gasteiger partial charge is 0.497 e. The summed E-state index contributed by atoms with van der Waals surface area (Å²) in [5.74, 6) is -0.641. The van der Waals surface area contributed by atoms with Gasteiger partial charge in [0.05, 0.1) is 7.11 Å². The topological polar surface area (TPSA) is 87.7 Å². The quantitative estimate of drug-likeness (QED) is 0.680. The summed E-state index contributed by atoms with van der Waals surface area (Å²) < 4.78 is 18.1. The van der Waals surface area contributed by atoms with Crippen molar-refractivity contribution in [3.05, 3.63) is 65.5 Å². The van der Waals surface area contributed by atoms with E-state index in [1.807, 2.05) is 0 Å². The molecule has 1 atom stereocenters. The van der Waals surface area contributed by atoms with E-state index >= 15 is 0 Å². The molecule has 3 amide bonds. The van der Waals surface area contributed by atoms with Gasteiger partial charge < -0.3 is 20.3 Å².